The summed E-state index contributed by atoms with van der Waals surface area (Å²) in [6, 6.07) is 5.64. The molecule has 0 radical (unpaired) electrons. The minimum atomic E-state index is -1.31. The summed E-state index contributed by atoms with van der Waals surface area (Å²) < 4.78 is 20.2. The van der Waals surface area contributed by atoms with E-state index in [4.69, 9.17) is 4.74 Å². The van der Waals surface area contributed by atoms with Gasteiger partial charge >= 0.3 is 0 Å². The quantitative estimate of drug-likeness (QED) is 0.469. The van der Waals surface area contributed by atoms with Crippen molar-refractivity contribution in [3.05, 3.63) is 23.3 Å². The van der Waals surface area contributed by atoms with Crippen molar-refractivity contribution in [1.29, 1.82) is 0 Å². The van der Waals surface area contributed by atoms with Gasteiger partial charge in [-0.15, -0.1) is 0 Å². The molecule has 1 atom stereocenters. The molecule has 1 unspecified atom stereocenters. The molecule has 1 N–H and O–H groups in total. The number of carbonyl (C=O) groups is 1. The molecule has 4 rings (SSSR count). The van der Waals surface area contributed by atoms with Crippen molar-refractivity contribution in [2.45, 2.75) is 94.7 Å². The highest BCUT2D eigenvalue weighted by Gasteiger charge is 2.32. The zero-order valence-corrected chi connectivity index (χ0v) is 24.4. The van der Waals surface area contributed by atoms with Crippen molar-refractivity contribution in [1.82, 2.24) is 19.4 Å². The van der Waals surface area contributed by atoms with Crippen LogP contribution in [-0.4, -0.2) is 89.7 Å². The summed E-state index contributed by atoms with van der Waals surface area (Å²) in [4.78, 5) is 18.8. The monoisotopic (exact) mass is 532 g/mol. The summed E-state index contributed by atoms with van der Waals surface area (Å²) in [6.45, 7) is 8.12. The molecule has 1 saturated heterocycles. The number of likely N-dealkylation sites (tertiary alicyclic amines) is 1. The molecule has 0 aromatic heterocycles. The molecule has 1 aliphatic heterocycles. The molecule has 2 saturated carbocycles. The van der Waals surface area contributed by atoms with E-state index in [9.17, 15) is 9.00 Å². The number of hydrogen-bond donors (Lipinski definition) is 1. The number of nitrogens with one attached hydrogen (secondary N) is 1. The van der Waals surface area contributed by atoms with E-state index in [1.807, 2.05) is 33.0 Å². The second-order valence-electron chi connectivity index (χ2n) is 11.7. The SMILES string of the molecule is COc1cc(C)c(S(=O)N(C)CCC(=O)NC2CCC(N3CCC(CN(C)C4CC4)CC3)CC2)c(C)c1. The molecular formula is C29H48N4O3S. The smallest absolute Gasteiger partial charge is 0.221 e. The maximum atomic E-state index is 13.1. The first-order valence-corrected chi connectivity index (χ1v) is 15.4. The number of benzene rings is 1. The Labute approximate surface area is 226 Å². The first-order valence-electron chi connectivity index (χ1n) is 14.3. The first kappa shape index (κ1) is 28.5. The average Bonchev–Trinajstić information content (AvgIpc) is 3.73. The van der Waals surface area contributed by atoms with Crippen LogP contribution in [0.3, 0.4) is 0 Å². The van der Waals surface area contributed by atoms with Crippen LogP contribution < -0.4 is 10.1 Å². The number of rotatable bonds is 11. The lowest BCUT2D eigenvalue weighted by molar-refractivity contribution is -0.122. The van der Waals surface area contributed by atoms with Gasteiger partial charge in [0.25, 0.3) is 0 Å². The fraction of sp³-hybridized carbons (Fsp3) is 0.759. The van der Waals surface area contributed by atoms with Crippen LogP contribution in [0.2, 0.25) is 0 Å². The Morgan fingerprint density at radius 1 is 1.03 bits per heavy atom. The highest BCUT2D eigenvalue weighted by molar-refractivity contribution is 7.82. The lowest BCUT2D eigenvalue weighted by Gasteiger charge is -2.41. The Kier molecular flexibility index (Phi) is 10.1. The highest BCUT2D eigenvalue weighted by Crippen LogP contribution is 2.31. The zero-order chi connectivity index (χ0) is 26.5. The van der Waals surface area contributed by atoms with Gasteiger partial charge in [-0.3, -0.25) is 4.79 Å². The van der Waals surface area contributed by atoms with Gasteiger partial charge in [-0.1, -0.05) is 0 Å². The predicted octanol–water partition coefficient (Wildman–Crippen LogP) is 3.89. The van der Waals surface area contributed by atoms with Crippen LogP contribution in [-0.2, 0) is 15.8 Å². The Hall–Kier alpha value is -1.48. The molecule has 7 nitrogen and oxygen atoms in total. The molecule has 1 aromatic carbocycles. The van der Waals surface area contributed by atoms with Crippen LogP contribution in [0.25, 0.3) is 0 Å². The van der Waals surface area contributed by atoms with Gasteiger partial charge in [0, 0.05) is 44.7 Å². The summed E-state index contributed by atoms with van der Waals surface area (Å²) >= 11 is 0. The summed E-state index contributed by atoms with van der Waals surface area (Å²) in [6.07, 6.45) is 10.3. The van der Waals surface area contributed by atoms with E-state index in [0.29, 0.717) is 19.0 Å². The fourth-order valence-electron chi connectivity index (χ4n) is 6.26. The normalized spacial score (nSPS) is 24.4. The third-order valence-corrected chi connectivity index (χ3v) is 10.5. The highest BCUT2D eigenvalue weighted by atomic mass is 32.2. The summed E-state index contributed by atoms with van der Waals surface area (Å²) in [5.74, 6) is 1.70. The van der Waals surface area contributed by atoms with Crippen LogP contribution in [0, 0.1) is 19.8 Å². The maximum absolute atomic E-state index is 13.1. The number of ether oxygens (including phenoxy) is 1. The lowest BCUT2D eigenvalue weighted by Crippen LogP contribution is -2.47. The number of methoxy groups -OCH3 is 1. The zero-order valence-electron chi connectivity index (χ0n) is 23.6. The Balaban J connectivity index is 1.14. The van der Waals surface area contributed by atoms with E-state index in [0.717, 1.165) is 46.6 Å². The van der Waals surface area contributed by atoms with E-state index in [2.05, 4.69) is 22.2 Å². The molecule has 37 heavy (non-hydrogen) atoms. The van der Waals surface area contributed by atoms with Gasteiger partial charge in [-0.25, -0.2) is 8.51 Å². The molecule has 0 bridgehead atoms. The van der Waals surface area contributed by atoms with Gasteiger partial charge in [0.2, 0.25) is 5.91 Å². The molecule has 1 heterocycles. The second kappa shape index (κ2) is 13.0. The topological polar surface area (TPSA) is 65.1 Å². The molecular weight excluding hydrogens is 484 g/mol. The van der Waals surface area contributed by atoms with Crippen LogP contribution in [0.5, 0.6) is 5.75 Å². The molecule has 1 amide bonds. The van der Waals surface area contributed by atoms with Crippen molar-refractivity contribution in [2.75, 3.05) is 47.4 Å². The molecule has 1 aromatic rings. The molecule has 208 valence electrons. The Bertz CT molecular complexity index is 914. The molecule has 8 heteroatoms. The number of hydrogen-bond acceptors (Lipinski definition) is 5. The third-order valence-electron chi connectivity index (χ3n) is 8.72. The fourth-order valence-corrected chi connectivity index (χ4v) is 7.50. The number of piperidine rings is 1. The number of aryl methyl sites for hydroxylation is 2. The maximum Gasteiger partial charge on any atom is 0.221 e. The van der Waals surface area contributed by atoms with Crippen LogP contribution >= 0.6 is 0 Å². The van der Waals surface area contributed by atoms with Gasteiger partial charge in [-0.05, 0) is 115 Å². The van der Waals surface area contributed by atoms with E-state index in [-0.39, 0.29) is 11.9 Å². The largest absolute Gasteiger partial charge is 0.497 e. The molecule has 0 spiro atoms. The summed E-state index contributed by atoms with van der Waals surface area (Å²) in [5, 5.41) is 3.25. The van der Waals surface area contributed by atoms with Crippen LogP contribution in [0.15, 0.2) is 17.0 Å². The van der Waals surface area contributed by atoms with E-state index in [1.165, 1.54) is 58.2 Å². The van der Waals surface area contributed by atoms with Crippen molar-refractivity contribution in [2.24, 2.45) is 5.92 Å². The van der Waals surface area contributed by atoms with E-state index >= 15 is 0 Å². The minimum Gasteiger partial charge on any atom is -0.497 e. The van der Waals surface area contributed by atoms with Gasteiger partial charge in [0.05, 0.1) is 12.0 Å². The standard InChI is InChI=1S/C29H48N4O3S/c1-21-18-27(36-5)19-22(2)29(21)37(35)32(4)15-14-28(34)30-24-6-8-26(9-7-24)33-16-12-23(13-17-33)20-31(3)25-10-11-25/h18-19,23-26H,6-17,20H2,1-5H3,(H,30,34). The van der Waals surface area contributed by atoms with E-state index in [1.54, 1.807) is 11.4 Å². The average molecular weight is 533 g/mol. The van der Waals surface area contributed by atoms with Crippen molar-refractivity contribution < 1.29 is 13.7 Å². The van der Waals surface area contributed by atoms with Crippen molar-refractivity contribution >= 4 is 16.9 Å². The van der Waals surface area contributed by atoms with Crippen LogP contribution in [0.4, 0.5) is 0 Å². The second-order valence-corrected chi connectivity index (χ2v) is 13.2. The van der Waals surface area contributed by atoms with Crippen LogP contribution in [0.1, 0.15) is 68.9 Å². The predicted molar refractivity (Wildman–Crippen MR) is 150 cm³/mol. The minimum absolute atomic E-state index is 0.0658. The number of nitrogens with zero attached hydrogens (tertiary/aromatic N) is 3. The lowest BCUT2D eigenvalue weighted by atomic mass is 9.87. The molecule has 3 fully saturated rings. The summed E-state index contributed by atoms with van der Waals surface area (Å²) in [7, 11) is 4.46. The number of carbonyl (C=O) groups excluding carboxylic acids is 1. The Morgan fingerprint density at radius 3 is 2.22 bits per heavy atom. The number of amides is 1. The summed E-state index contributed by atoms with van der Waals surface area (Å²) in [5.41, 5.74) is 1.89. The van der Waals surface area contributed by atoms with E-state index < -0.39 is 11.0 Å². The Morgan fingerprint density at radius 2 is 1.65 bits per heavy atom. The van der Waals surface area contributed by atoms with Gasteiger partial charge in [-0.2, -0.15) is 0 Å². The van der Waals surface area contributed by atoms with Gasteiger partial charge in [0.15, 0.2) is 0 Å². The van der Waals surface area contributed by atoms with Gasteiger partial charge in [0.1, 0.15) is 16.7 Å². The third kappa shape index (κ3) is 7.78. The van der Waals surface area contributed by atoms with Crippen molar-refractivity contribution in [3.8, 4) is 5.75 Å². The molecule has 3 aliphatic rings. The first-order chi connectivity index (χ1) is 17.7. The van der Waals surface area contributed by atoms with Gasteiger partial charge < -0.3 is 19.9 Å². The molecule has 2 aliphatic carbocycles. The van der Waals surface area contributed by atoms with Crippen molar-refractivity contribution in [3.63, 3.8) is 0 Å².